The van der Waals surface area contributed by atoms with Crippen LogP contribution >= 0.6 is 0 Å². The predicted molar refractivity (Wildman–Crippen MR) is 109 cm³/mol. The third-order valence-corrected chi connectivity index (χ3v) is 5.19. The Morgan fingerprint density at radius 2 is 2.03 bits per heavy atom. The van der Waals surface area contributed by atoms with Crippen LogP contribution in [-0.2, 0) is 24.9 Å². The minimum absolute atomic E-state index is 0.240. The van der Waals surface area contributed by atoms with E-state index >= 15 is 0 Å². The fourth-order valence-corrected chi connectivity index (χ4v) is 3.86. The smallest absolute Gasteiger partial charge is 0.332 e. The second-order valence-electron chi connectivity index (χ2n) is 7.55. The summed E-state index contributed by atoms with van der Waals surface area (Å²) in [7, 11) is 3.18. The van der Waals surface area contributed by atoms with E-state index in [1.54, 1.807) is 14.2 Å². The number of ketones is 1. The minimum atomic E-state index is -0.547. The first kappa shape index (κ1) is 19.0. The van der Waals surface area contributed by atoms with Gasteiger partial charge < -0.3 is 14.2 Å². The highest BCUT2D eigenvalue weighted by Crippen LogP contribution is 2.34. The van der Waals surface area contributed by atoms with Crippen LogP contribution in [0.5, 0.6) is 5.75 Å². The number of imidazole rings is 1. The maximum Gasteiger partial charge on any atom is 0.332 e. The summed E-state index contributed by atoms with van der Waals surface area (Å²) in [5.41, 5.74) is 0.506. The Bertz CT molecular complexity index is 1240. The molecule has 1 atom stereocenters. The Balaban J connectivity index is 1.99. The van der Waals surface area contributed by atoms with Gasteiger partial charge in [0.25, 0.3) is 5.56 Å². The van der Waals surface area contributed by atoms with E-state index < -0.39 is 11.2 Å². The van der Waals surface area contributed by atoms with E-state index in [2.05, 4.69) is 11.9 Å². The molecule has 2 aromatic heterocycles. The van der Waals surface area contributed by atoms with E-state index in [1.807, 2.05) is 33.7 Å². The molecular formula is C20H23N5O4. The molecule has 0 saturated heterocycles. The summed E-state index contributed by atoms with van der Waals surface area (Å²) in [4.78, 5) is 44.0. The van der Waals surface area contributed by atoms with Gasteiger partial charge in [0.1, 0.15) is 11.5 Å². The van der Waals surface area contributed by atoms with Crippen LogP contribution in [0.25, 0.3) is 11.2 Å². The van der Waals surface area contributed by atoms with Crippen LogP contribution in [0.3, 0.4) is 0 Å². The standard InChI is InChI=1S/C20H23N5O4/c1-12-9-23(14-6-5-7-15(8-14)29-4)19-21-17-16(24(19)10-12)18(27)25(11-13(2)26)20(28)22(17)3/h5-8,12H,9-11H2,1-4H3. The number of Topliss-reactive ketones (excluding diaryl/α,β-unsaturated/α-hetero) is 1. The number of nitrogens with zero attached hydrogens (tertiary/aromatic N) is 5. The Labute approximate surface area is 166 Å². The largest absolute Gasteiger partial charge is 0.497 e. The number of rotatable bonds is 4. The number of methoxy groups -OCH3 is 1. The molecule has 0 N–H and O–H groups in total. The monoisotopic (exact) mass is 397 g/mol. The topological polar surface area (TPSA) is 91.4 Å². The molecule has 0 saturated carbocycles. The highest BCUT2D eigenvalue weighted by molar-refractivity contribution is 5.78. The number of aromatic nitrogens is 4. The van der Waals surface area contributed by atoms with Crippen molar-refractivity contribution >= 4 is 28.6 Å². The van der Waals surface area contributed by atoms with Gasteiger partial charge in [-0.1, -0.05) is 13.0 Å². The Hall–Kier alpha value is -3.36. The van der Waals surface area contributed by atoms with Crippen LogP contribution in [0.4, 0.5) is 11.6 Å². The van der Waals surface area contributed by atoms with Gasteiger partial charge in [-0.15, -0.1) is 0 Å². The van der Waals surface area contributed by atoms with E-state index in [0.717, 1.165) is 16.0 Å². The van der Waals surface area contributed by atoms with Crippen molar-refractivity contribution in [1.82, 2.24) is 18.7 Å². The molecule has 1 aliphatic rings. The van der Waals surface area contributed by atoms with Gasteiger partial charge in [-0.05, 0) is 25.0 Å². The third-order valence-electron chi connectivity index (χ3n) is 5.19. The number of hydrogen-bond donors (Lipinski definition) is 0. The molecule has 29 heavy (non-hydrogen) atoms. The normalized spacial score (nSPS) is 16.1. The van der Waals surface area contributed by atoms with Gasteiger partial charge in [0.05, 0.1) is 13.7 Å². The van der Waals surface area contributed by atoms with Crippen LogP contribution in [0.15, 0.2) is 33.9 Å². The van der Waals surface area contributed by atoms with Gasteiger partial charge in [0.2, 0.25) is 5.95 Å². The number of hydrogen-bond acceptors (Lipinski definition) is 6. The fourth-order valence-electron chi connectivity index (χ4n) is 3.86. The molecule has 152 valence electrons. The van der Waals surface area contributed by atoms with Crippen molar-refractivity contribution < 1.29 is 9.53 Å². The van der Waals surface area contributed by atoms with Crippen LogP contribution in [-0.4, -0.2) is 38.1 Å². The number of aryl methyl sites for hydroxylation is 1. The summed E-state index contributed by atoms with van der Waals surface area (Å²) >= 11 is 0. The predicted octanol–water partition coefficient (Wildman–Crippen LogP) is 1.28. The number of benzene rings is 1. The molecule has 0 aliphatic carbocycles. The van der Waals surface area contributed by atoms with Crippen molar-refractivity contribution in [3.05, 3.63) is 45.1 Å². The Morgan fingerprint density at radius 1 is 1.28 bits per heavy atom. The van der Waals surface area contributed by atoms with E-state index in [1.165, 1.54) is 11.5 Å². The molecule has 0 fully saturated rings. The fraction of sp³-hybridized carbons (Fsp3) is 0.400. The molecule has 0 bridgehead atoms. The van der Waals surface area contributed by atoms with E-state index in [4.69, 9.17) is 4.74 Å². The van der Waals surface area contributed by atoms with Gasteiger partial charge in [0.15, 0.2) is 11.2 Å². The summed E-state index contributed by atoms with van der Waals surface area (Å²) in [6.45, 7) is 4.51. The van der Waals surface area contributed by atoms with Crippen LogP contribution in [0.2, 0.25) is 0 Å². The Kier molecular flexibility index (Phi) is 4.52. The molecule has 0 amide bonds. The number of ether oxygens (including phenoxy) is 1. The van der Waals surface area contributed by atoms with Gasteiger partial charge >= 0.3 is 5.69 Å². The summed E-state index contributed by atoms with van der Waals surface area (Å²) in [5.74, 6) is 1.30. The maximum absolute atomic E-state index is 13.1. The minimum Gasteiger partial charge on any atom is -0.497 e. The van der Waals surface area contributed by atoms with Gasteiger partial charge in [-0.3, -0.25) is 18.7 Å². The lowest BCUT2D eigenvalue weighted by atomic mass is 10.1. The van der Waals surface area contributed by atoms with Crippen LogP contribution < -0.4 is 20.9 Å². The molecule has 1 aromatic carbocycles. The number of anilines is 2. The second kappa shape index (κ2) is 6.91. The highest BCUT2D eigenvalue weighted by Gasteiger charge is 2.30. The molecule has 1 aliphatic heterocycles. The number of carbonyl (C=O) groups is 1. The summed E-state index contributed by atoms with van der Waals surface area (Å²) < 4.78 is 9.50. The van der Waals surface area contributed by atoms with Crippen molar-refractivity contribution in [3.63, 3.8) is 0 Å². The first-order chi connectivity index (χ1) is 13.8. The van der Waals surface area contributed by atoms with Crippen LogP contribution in [0, 0.1) is 5.92 Å². The van der Waals surface area contributed by atoms with Crippen molar-refractivity contribution in [1.29, 1.82) is 0 Å². The highest BCUT2D eigenvalue weighted by atomic mass is 16.5. The van der Waals surface area contributed by atoms with Crippen molar-refractivity contribution in [3.8, 4) is 5.75 Å². The molecule has 0 radical (unpaired) electrons. The maximum atomic E-state index is 13.1. The number of fused-ring (bicyclic) bond motifs is 3. The molecule has 1 unspecified atom stereocenters. The SMILES string of the molecule is COc1cccc(N2CC(C)Cn3c2nc2c3c(=O)n(CC(C)=O)c(=O)n2C)c1. The van der Waals surface area contributed by atoms with Crippen molar-refractivity contribution in [2.45, 2.75) is 26.9 Å². The first-order valence-electron chi connectivity index (χ1n) is 9.43. The lowest BCUT2D eigenvalue weighted by molar-refractivity contribution is -0.117. The molecule has 0 spiro atoms. The van der Waals surface area contributed by atoms with Gasteiger partial charge in [-0.2, -0.15) is 4.98 Å². The molecule has 3 aromatic rings. The Morgan fingerprint density at radius 3 is 2.72 bits per heavy atom. The average Bonchev–Trinajstić information content (AvgIpc) is 3.08. The van der Waals surface area contributed by atoms with Gasteiger partial charge in [0, 0.05) is 31.9 Å². The first-order valence-corrected chi connectivity index (χ1v) is 9.43. The zero-order valence-electron chi connectivity index (χ0n) is 16.9. The van der Waals surface area contributed by atoms with E-state index in [-0.39, 0.29) is 18.2 Å². The molecular weight excluding hydrogens is 374 g/mol. The molecule has 9 heteroatoms. The van der Waals surface area contributed by atoms with Crippen LogP contribution in [0.1, 0.15) is 13.8 Å². The molecule has 4 rings (SSSR count). The second-order valence-corrected chi connectivity index (χ2v) is 7.55. The average molecular weight is 397 g/mol. The molecule has 9 nitrogen and oxygen atoms in total. The van der Waals surface area contributed by atoms with E-state index in [0.29, 0.717) is 30.2 Å². The quantitative estimate of drug-likeness (QED) is 0.659. The zero-order valence-corrected chi connectivity index (χ0v) is 16.9. The third kappa shape index (κ3) is 3.02. The van der Waals surface area contributed by atoms with Crippen molar-refractivity contribution in [2.24, 2.45) is 13.0 Å². The molecule has 3 heterocycles. The lowest BCUT2D eigenvalue weighted by Crippen LogP contribution is -2.41. The summed E-state index contributed by atoms with van der Waals surface area (Å²) in [5, 5.41) is 0. The van der Waals surface area contributed by atoms with Crippen molar-refractivity contribution in [2.75, 3.05) is 18.6 Å². The zero-order chi connectivity index (χ0) is 20.9. The summed E-state index contributed by atoms with van der Waals surface area (Å²) in [6, 6.07) is 7.63. The van der Waals surface area contributed by atoms with Gasteiger partial charge in [-0.25, -0.2) is 4.79 Å². The van der Waals surface area contributed by atoms with E-state index in [9.17, 15) is 14.4 Å². The lowest BCUT2D eigenvalue weighted by Gasteiger charge is -2.33. The summed E-state index contributed by atoms with van der Waals surface area (Å²) in [6.07, 6.45) is 0. The number of carbonyl (C=O) groups excluding carboxylic acids is 1.